The van der Waals surface area contributed by atoms with Gasteiger partial charge in [-0.1, -0.05) is 6.07 Å². The van der Waals surface area contributed by atoms with Crippen molar-refractivity contribution in [3.63, 3.8) is 0 Å². The number of halogens is 1. The molecule has 0 saturated heterocycles. The van der Waals surface area contributed by atoms with Gasteiger partial charge in [0.05, 0.1) is 7.11 Å². The van der Waals surface area contributed by atoms with Gasteiger partial charge in [-0.15, -0.1) is 0 Å². The molecule has 12 heavy (non-hydrogen) atoms. The summed E-state index contributed by atoms with van der Waals surface area (Å²) in [6, 6.07) is 4.31. The van der Waals surface area contributed by atoms with E-state index in [0.717, 1.165) is 0 Å². The molecule has 0 aliphatic rings. The molecule has 1 N–H and O–H groups in total. The minimum Gasteiger partial charge on any atom is -0.494 e. The van der Waals surface area contributed by atoms with Crippen molar-refractivity contribution in [2.75, 3.05) is 12.4 Å². The maximum Gasteiger partial charge on any atom is 0.211 e. The van der Waals surface area contributed by atoms with Crippen LogP contribution in [-0.2, 0) is 4.79 Å². The highest BCUT2D eigenvalue weighted by atomic mass is 19.1. The Hall–Kier alpha value is -1.58. The van der Waals surface area contributed by atoms with E-state index in [0.29, 0.717) is 12.2 Å². The SMILES string of the molecule is COc1cccc(F)c1NC=O. The first-order chi connectivity index (χ1) is 5.79. The van der Waals surface area contributed by atoms with Crippen LogP contribution in [0, 0.1) is 5.82 Å². The Morgan fingerprint density at radius 2 is 2.33 bits per heavy atom. The number of para-hydroxylation sites is 1. The van der Waals surface area contributed by atoms with Crippen LogP contribution in [0.5, 0.6) is 5.75 Å². The lowest BCUT2D eigenvalue weighted by Crippen LogP contribution is -1.99. The Balaban J connectivity index is 3.10. The predicted octanol–water partition coefficient (Wildman–Crippen LogP) is 1.40. The summed E-state index contributed by atoms with van der Waals surface area (Å²) in [5, 5.41) is 2.21. The van der Waals surface area contributed by atoms with Crippen molar-refractivity contribution >= 4 is 12.1 Å². The summed E-state index contributed by atoms with van der Waals surface area (Å²) >= 11 is 0. The molecule has 1 aromatic carbocycles. The second kappa shape index (κ2) is 3.71. The Morgan fingerprint density at radius 3 is 2.92 bits per heavy atom. The summed E-state index contributed by atoms with van der Waals surface area (Å²) < 4.78 is 17.7. The zero-order valence-corrected chi connectivity index (χ0v) is 6.50. The average molecular weight is 169 g/mol. The molecule has 0 saturated carbocycles. The molecule has 64 valence electrons. The van der Waals surface area contributed by atoms with E-state index in [1.54, 1.807) is 6.07 Å². The van der Waals surface area contributed by atoms with Gasteiger partial charge in [-0.3, -0.25) is 4.79 Å². The molecule has 0 fully saturated rings. The second-order valence-corrected chi connectivity index (χ2v) is 2.08. The molecule has 1 amide bonds. The van der Waals surface area contributed by atoms with Crippen LogP contribution in [-0.4, -0.2) is 13.5 Å². The van der Waals surface area contributed by atoms with E-state index in [1.165, 1.54) is 19.2 Å². The lowest BCUT2D eigenvalue weighted by Gasteiger charge is -2.06. The van der Waals surface area contributed by atoms with Crippen molar-refractivity contribution in [1.82, 2.24) is 0 Å². The van der Waals surface area contributed by atoms with Gasteiger partial charge in [0.2, 0.25) is 6.41 Å². The zero-order chi connectivity index (χ0) is 8.97. The van der Waals surface area contributed by atoms with Gasteiger partial charge in [0.15, 0.2) is 5.82 Å². The molecule has 0 aliphatic carbocycles. The van der Waals surface area contributed by atoms with Crippen molar-refractivity contribution in [2.24, 2.45) is 0 Å². The zero-order valence-electron chi connectivity index (χ0n) is 6.50. The third-order valence-electron chi connectivity index (χ3n) is 1.40. The molecule has 3 nitrogen and oxygen atoms in total. The van der Waals surface area contributed by atoms with E-state index in [9.17, 15) is 9.18 Å². The van der Waals surface area contributed by atoms with Crippen molar-refractivity contribution < 1.29 is 13.9 Å². The fourth-order valence-electron chi connectivity index (χ4n) is 0.873. The normalized spacial score (nSPS) is 9.17. The number of ether oxygens (including phenoxy) is 1. The van der Waals surface area contributed by atoms with E-state index in [4.69, 9.17) is 4.74 Å². The lowest BCUT2D eigenvalue weighted by molar-refractivity contribution is -0.105. The van der Waals surface area contributed by atoms with Crippen molar-refractivity contribution in [3.8, 4) is 5.75 Å². The standard InChI is InChI=1S/C8H8FNO2/c1-12-7-4-2-3-6(9)8(7)10-5-11/h2-5H,1H3,(H,10,11). The number of benzene rings is 1. The number of nitrogens with one attached hydrogen (secondary N) is 1. The first-order valence-corrected chi connectivity index (χ1v) is 3.32. The number of carbonyl (C=O) groups is 1. The van der Waals surface area contributed by atoms with E-state index in [2.05, 4.69) is 5.32 Å². The minimum absolute atomic E-state index is 0.0648. The molecule has 0 aliphatic heterocycles. The van der Waals surface area contributed by atoms with Crippen LogP contribution in [0.15, 0.2) is 18.2 Å². The largest absolute Gasteiger partial charge is 0.494 e. The van der Waals surface area contributed by atoms with Gasteiger partial charge in [0, 0.05) is 0 Å². The average Bonchev–Trinajstić information content (AvgIpc) is 2.09. The monoisotopic (exact) mass is 169 g/mol. The lowest BCUT2D eigenvalue weighted by atomic mass is 10.3. The Labute approximate surface area is 69.2 Å². The topological polar surface area (TPSA) is 38.3 Å². The molecule has 1 rings (SSSR count). The first kappa shape index (κ1) is 8.52. The molecule has 4 heteroatoms. The summed E-state index contributed by atoms with van der Waals surface area (Å²) in [7, 11) is 1.41. The van der Waals surface area contributed by atoms with E-state index < -0.39 is 5.82 Å². The van der Waals surface area contributed by atoms with Crippen LogP contribution in [0.1, 0.15) is 0 Å². The molecule has 0 atom stereocenters. The Morgan fingerprint density at radius 1 is 1.58 bits per heavy atom. The van der Waals surface area contributed by atoms with Crippen molar-refractivity contribution in [2.45, 2.75) is 0 Å². The fraction of sp³-hybridized carbons (Fsp3) is 0.125. The summed E-state index contributed by atoms with van der Waals surface area (Å²) in [4.78, 5) is 10.1. The van der Waals surface area contributed by atoms with Crippen LogP contribution in [0.4, 0.5) is 10.1 Å². The molecule has 1 aromatic rings. The van der Waals surface area contributed by atoms with Crippen LogP contribution >= 0.6 is 0 Å². The number of anilines is 1. The highest BCUT2D eigenvalue weighted by Crippen LogP contribution is 2.25. The van der Waals surface area contributed by atoms with Crippen LogP contribution in [0.25, 0.3) is 0 Å². The van der Waals surface area contributed by atoms with E-state index >= 15 is 0 Å². The number of methoxy groups -OCH3 is 1. The fourth-order valence-corrected chi connectivity index (χ4v) is 0.873. The van der Waals surface area contributed by atoms with Gasteiger partial charge in [0.1, 0.15) is 11.4 Å². The van der Waals surface area contributed by atoms with Gasteiger partial charge in [-0.05, 0) is 12.1 Å². The molecule has 0 radical (unpaired) electrons. The highest BCUT2D eigenvalue weighted by Gasteiger charge is 2.06. The van der Waals surface area contributed by atoms with Crippen molar-refractivity contribution in [3.05, 3.63) is 24.0 Å². The van der Waals surface area contributed by atoms with Crippen LogP contribution in [0.2, 0.25) is 0 Å². The quantitative estimate of drug-likeness (QED) is 0.694. The maximum atomic E-state index is 12.9. The number of amides is 1. The summed E-state index contributed by atoms with van der Waals surface area (Å²) in [6.07, 6.45) is 0.404. The Bertz CT molecular complexity index is 288. The molecule has 0 bridgehead atoms. The van der Waals surface area contributed by atoms with Gasteiger partial charge in [0.25, 0.3) is 0 Å². The van der Waals surface area contributed by atoms with Crippen LogP contribution in [0.3, 0.4) is 0 Å². The van der Waals surface area contributed by atoms with Crippen molar-refractivity contribution in [1.29, 1.82) is 0 Å². The van der Waals surface area contributed by atoms with E-state index in [-0.39, 0.29) is 5.69 Å². The molecular weight excluding hydrogens is 161 g/mol. The highest BCUT2D eigenvalue weighted by molar-refractivity contribution is 5.75. The molecular formula is C8H8FNO2. The third kappa shape index (κ3) is 1.53. The van der Waals surface area contributed by atoms with Gasteiger partial charge >= 0.3 is 0 Å². The number of hydrogen-bond acceptors (Lipinski definition) is 2. The van der Waals surface area contributed by atoms with Gasteiger partial charge < -0.3 is 10.1 Å². The summed E-state index contributed by atoms with van der Waals surface area (Å²) in [5.74, 6) is -0.205. The molecule has 0 unspecified atom stereocenters. The summed E-state index contributed by atoms with van der Waals surface area (Å²) in [6.45, 7) is 0. The first-order valence-electron chi connectivity index (χ1n) is 3.32. The van der Waals surface area contributed by atoms with Gasteiger partial charge in [-0.2, -0.15) is 0 Å². The molecule has 0 heterocycles. The van der Waals surface area contributed by atoms with E-state index in [1.807, 2.05) is 0 Å². The van der Waals surface area contributed by atoms with Gasteiger partial charge in [-0.25, -0.2) is 4.39 Å². The maximum absolute atomic E-state index is 12.9. The summed E-state index contributed by atoms with van der Waals surface area (Å²) in [5.41, 5.74) is 0.0648. The Kier molecular flexibility index (Phi) is 2.63. The second-order valence-electron chi connectivity index (χ2n) is 2.08. The third-order valence-corrected chi connectivity index (χ3v) is 1.40. The molecule has 0 aromatic heterocycles. The number of rotatable bonds is 3. The number of carbonyl (C=O) groups excluding carboxylic acids is 1. The smallest absolute Gasteiger partial charge is 0.211 e. The predicted molar refractivity (Wildman–Crippen MR) is 42.6 cm³/mol. The number of hydrogen-bond donors (Lipinski definition) is 1. The molecule has 0 spiro atoms. The minimum atomic E-state index is -0.513. The van der Waals surface area contributed by atoms with Crippen LogP contribution < -0.4 is 10.1 Å².